The second kappa shape index (κ2) is 8.91. The van der Waals surface area contributed by atoms with E-state index in [2.05, 4.69) is 15.1 Å². The Kier molecular flexibility index (Phi) is 6.11. The van der Waals surface area contributed by atoms with Crippen LogP contribution in [0.2, 0.25) is 0 Å². The van der Waals surface area contributed by atoms with Crippen molar-refractivity contribution >= 4 is 5.69 Å². The number of aromatic nitrogens is 2. The smallest absolute Gasteiger partial charge is 0.269 e. The van der Waals surface area contributed by atoms with E-state index in [0.717, 1.165) is 18.7 Å². The number of ether oxygens (including phenoxy) is 1. The van der Waals surface area contributed by atoms with Gasteiger partial charge in [0.2, 0.25) is 11.8 Å². The second-order valence-electron chi connectivity index (χ2n) is 6.06. The van der Waals surface area contributed by atoms with Gasteiger partial charge in [0.1, 0.15) is 5.75 Å². The number of nitrogens with zero attached hydrogens (tertiary/aromatic N) is 4. The SMILES string of the molecule is CN(CCCOc1ccccc1)Cc1nnc(-c2ccc([N+](=O)[O-])cc2)o1. The molecule has 0 unspecified atom stereocenters. The predicted octanol–water partition coefficient (Wildman–Crippen LogP) is 3.55. The Bertz CT molecular complexity index is 865. The Morgan fingerprint density at radius 2 is 1.85 bits per heavy atom. The molecule has 0 aliphatic heterocycles. The molecular formula is C19H20N4O4. The maximum atomic E-state index is 10.7. The zero-order valence-corrected chi connectivity index (χ0v) is 14.9. The molecule has 0 N–H and O–H groups in total. The van der Waals surface area contributed by atoms with Gasteiger partial charge in [-0.1, -0.05) is 18.2 Å². The van der Waals surface area contributed by atoms with Gasteiger partial charge in [-0.15, -0.1) is 10.2 Å². The van der Waals surface area contributed by atoms with Gasteiger partial charge in [0.15, 0.2) is 0 Å². The standard InChI is InChI=1S/C19H20N4O4/c1-22(12-5-13-26-17-6-3-2-4-7-17)14-18-20-21-19(27-18)15-8-10-16(11-9-15)23(24)25/h2-4,6-11H,5,12-14H2,1H3. The van der Waals surface area contributed by atoms with Gasteiger partial charge < -0.3 is 9.15 Å². The molecule has 0 fully saturated rings. The molecule has 0 saturated heterocycles. The summed E-state index contributed by atoms with van der Waals surface area (Å²) in [4.78, 5) is 12.3. The highest BCUT2D eigenvalue weighted by Gasteiger charge is 2.12. The summed E-state index contributed by atoms with van der Waals surface area (Å²) < 4.78 is 11.3. The Balaban J connectivity index is 1.46. The third-order valence-electron chi connectivity index (χ3n) is 3.89. The van der Waals surface area contributed by atoms with Gasteiger partial charge in [-0.25, -0.2) is 0 Å². The first-order valence-electron chi connectivity index (χ1n) is 8.55. The van der Waals surface area contributed by atoms with Crippen LogP contribution in [0.1, 0.15) is 12.3 Å². The number of benzene rings is 2. The molecule has 0 saturated carbocycles. The zero-order valence-electron chi connectivity index (χ0n) is 14.9. The van der Waals surface area contributed by atoms with E-state index in [9.17, 15) is 10.1 Å². The molecule has 3 rings (SSSR count). The lowest BCUT2D eigenvalue weighted by molar-refractivity contribution is -0.384. The Hall–Kier alpha value is -3.26. The minimum absolute atomic E-state index is 0.0240. The van der Waals surface area contributed by atoms with Crippen LogP contribution in [-0.4, -0.2) is 40.2 Å². The van der Waals surface area contributed by atoms with Crippen molar-refractivity contribution in [1.29, 1.82) is 0 Å². The van der Waals surface area contributed by atoms with E-state index >= 15 is 0 Å². The molecule has 0 bridgehead atoms. The highest BCUT2D eigenvalue weighted by atomic mass is 16.6. The van der Waals surface area contributed by atoms with Crippen molar-refractivity contribution < 1.29 is 14.1 Å². The van der Waals surface area contributed by atoms with Gasteiger partial charge in [0.05, 0.1) is 18.1 Å². The molecule has 1 aromatic heterocycles. The average molecular weight is 368 g/mol. The molecule has 8 nitrogen and oxygen atoms in total. The predicted molar refractivity (Wildman–Crippen MR) is 99.3 cm³/mol. The zero-order chi connectivity index (χ0) is 19.1. The molecule has 3 aromatic rings. The fourth-order valence-corrected chi connectivity index (χ4v) is 2.51. The maximum absolute atomic E-state index is 10.7. The van der Waals surface area contributed by atoms with Gasteiger partial charge in [-0.3, -0.25) is 15.0 Å². The lowest BCUT2D eigenvalue weighted by Crippen LogP contribution is -2.21. The van der Waals surface area contributed by atoms with Crippen molar-refractivity contribution in [3.63, 3.8) is 0 Å². The first-order valence-corrected chi connectivity index (χ1v) is 8.55. The molecule has 0 amide bonds. The number of hydrogen-bond acceptors (Lipinski definition) is 7. The van der Waals surface area contributed by atoms with Crippen molar-refractivity contribution in [2.24, 2.45) is 0 Å². The fraction of sp³-hybridized carbons (Fsp3) is 0.263. The largest absolute Gasteiger partial charge is 0.494 e. The Labute approximate surface area is 156 Å². The van der Waals surface area contributed by atoms with Gasteiger partial charge in [0.25, 0.3) is 5.69 Å². The number of para-hydroxylation sites is 1. The van der Waals surface area contributed by atoms with Crippen molar-refractivity contribution in [3.05, 3.63) is 70.6 Å². The summed E-state index contributed by atoms with van der Waals surface area (Å²) in [5.74, 6) is 1.71. The van der Waals surface area contributed by atoms with E-state index in [1.807, 2.05) is 37.4 Å². The first kappa shape index (κ1) is 18.5. The number of rotatable bonds is 9. The van der Waals surface area contributed by atoms with Crippen LogP contribution in [0.5, 0.6) is 5.75 Å². The number of non-ortho nitro benzene ring substituents is 1. The summed E-state index contributed by atoms with van der Waals surface area (Å²) >= 11 is 0. The van der Waals surface area contributed by atoms with Gasteiger partial charge in [-0.2, -0.15) is 0 Å². The minimum Gasteiger partial charge on any atom is -0.494 e. The molecule has 0 aliphatic carbocycles. The van der Waals surface area contributed by atoms with Crippen molar-refractivity contribution in [3.8, 4) is 17.2 Å². The highest BCUT2D eigenvalue weighted by molar-refractivity contribution is 5.55. The number of nitro groups is 1. The minimum atomic E-state index is -0.445. The highest BCUT2D eigenvalue weighted by Crippen LogP contribution is 2.21. The maximum Gasteiger partial charge on any atom is 0.269 e. The second-order valence-corrected chi connectivity index (χ2v) is 6.06. The van der Waals surface area contributed by atoms with E-state index in [0.29, 0.717) is 30.5 Å². The number of nitro benzene ring substituents is 1. The molecule has 0 atom stereocenters. The Morgan fingerprint density at radius 3 is 2.56 bits per heavy atom. The summed E-state index contributed by atoms with van der Waals surface area (Å²) in [7, 11) is 1.97. The van der Waals surface area contributed by atoms with E-state index < -0.39 is 4.92 Å². The third-order valence-corrected chi connectivity index (χ3v) is 3.89. The molecule has 0 spiro atoms. The van der Waals surface area contributed by atoms with Crippen LogP contribution in [-0.2, 0) is 6.54 Å². The van der Waals surface area contributed by atoms with E-state index in [1.54, 1.807) is 12.1 Å². The molecule has 27 heavy (non-hydrogen) atoms. The van der Waals surface area contributed by atoms with Crippen LogP contribution in [0.15, 0.2) is 59.0 Å². The molecule has 2 aromatic carbocycles. The molecule has 140 valence electrons. The summed E-state index contributed by atoms with van der Waals surface area (Å²) in [5, 5.41) is 18.8. The van der Waals surface area contributed by atoms with Crippen LogP contribution in [0.25, 0.3) is 11.5 Å². The van der Waals surface area contributed by atoms with Crippen molar-refractivity contribution in [2.45, 2.75) is 13.0 Å². The van der Waals surface area contributed by atoms with Crippen LogP contribution < -0.4 is 4.74 Å². The topological polar surface area (TPSA) is 94.5 Å². The average Bonchev–Trinajstić information content (AvgIpc) is 3.14. The van der Waals surface area contributed by atoms with Crippen molar-refractivity contribution in [1.82, 2.24) is 15.1 Å². The van der Waals surface area contributed by atoms with E-state index in [1.165, 1.54) is 12.1 Å². The summed E-state index contributed by atoms with van der Waals surface area (Å²) in [6.07, 6.45) is 0.870. The normalized spacial score (nSPS) is 10.9. The van der Waals surface area contributed by atoms with Crippen LogP contribution in [0.4, 0.5) is 5.69 Å². The van der Waals surface area contributed by atoms with E-state index in [-0.39, 0.29) is 5.69 Å². The van der Waals surface area contributed by atoms with Crippen LogP contribution in [0.3, 0.4) is 0 Å². The first-order chi connectivity index (χ1) is 13.1. The van der Waals surface area contributed by atoms with Gasteiger partial charge in [-0.05, 0) is 37.7 Å². The lowest BCUT2D eigenvalue weighted by Gasteiger charge is -2.14. The van der Waals surface area contributed by atoms with Crippen LogP contribution >= 0.6 is 0 Å². The van der Waals surface area contributed by atoms with Gasteiger partial charge in [0, 0.05) is 24.2 Å². The molecule has 0 aliphatic rings. The third kappa shape index (κ3) is 5.35. The van der Waals surface area contributed by atoms with Gasteiger partial charge >= 0.3 is 0 Å². The molecule has 8 heteroatoms. The van der Waals surface area contributed by atoms with Crippen molar-refractivity contribution in [2.75, 3.05) is 20.2 Å². The quantitative estimate of drug-likeness (QED) is 0.324. The Morgan fingerprint density at radius 1 is 1.11 bits per heavy atom. The molecule has 1 heterocycles. The summed E-state index contributed by atoms with van der Waals surface area (Å²) in [6.45, 7) is 1.97. The fourth-order valence-electron chi connectivity index (χ4n) is 2.51. The summed E-state index contributed by atoms with van der Waals surface area (Å²) in [5.41, 5.74) is 0.675. The lowest BCUT2D eigenvalue weighted by atomic mass is 10.2. The molecular weight excluding hydrogens is 348 g/mol. The van der Waals surface area contributed by atoms with E-state index in [4.69, 9.17) is 9.15 Å². The molecule has 0 radical (unpaired) electrons. The monoisotopic (exact) mass is 368 g/mol. The summed E-state index contributed by atoms with van der Waals surface area (Å²) in [6, 6.07) is 15.7. The number of hydrogen-bond donors (Lipinski definition) is 0. The van der Waals surface area contributed by atoms with Crippen LogP contribution in [0, 0.1) is 10.1 Å².